The fourth-order valence-corrected chi connectivity index (χ4v) is 11.9. The van der Waals surface area contributed by atoms with E-state index >= 15 is 0 Å². The molecule has 136 valence electrons. The van der Waals surface area contributed by atoms with Crippen LogP contribution in [0.25, 0.3) is 33.0 Å². The van der Waals surface area contributed by atoms with Crippen LogP contribution in [0.15, 0.2) is 72.8 Å². The fraction of sp³-hybridized carbons (Fsp3) is 0.154. The summed E-state index contributed by atoms with van der Waals surface area (Å²) in [6, 6.07) is 28.1. The first-order valence-corrected chi connectivity index (χ1v) is 16.2. The van der Waals surface area contributed by atoms with E-state index in [4.69, 9.17) is 0 Å². The Morgan fingerprint density at radius 1 is 0.500 bits per heavy atom. The number of benzene rings is 4. The molecule has 0 saturated heterocycles. The van der Waals surface area contributed by atoms with Gasteiger partial charge in [0.05, 0.1) is 0 Å². The molecule has 0 spiro atoms. The Morgan fingerprint density at radius 2 is 1.11 bits per heavy atom. The van der Waals surface area contributed by atoms with E-state index in [2.05, 4.69) is 99.0 Å². The number of hydrogen-bond donors (Lipinski definition) is 0. The third kappa shape index (κ3) is 1.85. The van der Waals surface area contributed by atoms with Crippen molar-refractivity contribution in [3.05, 3.63) is 72.8 Å². The first kappa shape index (κ1) is 16.5. The normalized spacial score (nSPS) is 17.1. The summed E-state index contributed by atoms with van der Waals surface area (Å²) in [7, 11) is -3.23. The van der Waals surface area contributed by atoms with Gasteiger partial charge in [-0.2, -0.15) is 0 Å². The quantitative estimate of drug-likeness (QED) is 0.388. The Hall–Kier alpha value is -2.43. The van der Waals surface area contributed by atoms with Crippen molar-refractivity contribution in [2.75, 3.05) is 0 Å². The maximum atomic E-state index is 2.52. The SMILES string of the molecule is C[Si]1(C)c2ccccc2-c2cc3c4c(ccc3cc21)[Si](C)(C)c1ccccc1-4. The Labute approximate surface area is 168 Å². The Morgan fingerprint density at radius 3 is 1.86 bits per heavy atom. The molecule has 0 saturated carbocycles. The van der Waals surface area contributed by atoms with Gasteiger partial charge in [0.25, 0.3) is 0 Å². The van der Waals surface area contributed by atoms with Gasteiger partial charge in [0.1, 0.15) is 16.1 Å². The average molecular weight is 393 g/mol. The molecule has 6 rings (SSSR count). The molecule has 0 atom stereocenters. The van der Waals surface area contributed by atoms with Crippen molar-refractivity contribution in [1.29, 1.82) is 0 Å². The van der Waals surface area contributed by atoms with E-state index in [0.29, 0.717) is 0 Å². The van der Waals surface area contributed by atoms with Crippen molar-refractivity contribution < 1.29 is 0 Å². The molecular formula is C26H24Si2. The van der Waals surface area contributed by atoms with Gasteiger partial charge in [0.15, 0.2) is 0 Å². The average Bonchev–Trinajstić information content (AvgIpc) is 3.07. The number of rotatable bonds is 0. The summed E-state index contributed by atoms with van der Waals surface area (Å²) < 4.78 is 0. The van der Waals surface area contributed by atoms with E-state index in [1.165, 1.54) is 33.0 Å². The van der Waals surface area contributed by atoms with Gasteiger partial charge in [-0.05, 0) is 59.8 Å². The van der Waals surface area contributed by atoms with Crippen LogP contribution < -0.4 is 20.7 Å². The molecule has 2 heterocycles. The minimum Gasteiger partial charge on any atom is -0.0623 e. The maximum absolute atomic E-state index is 2.52. The zero-order valence-electron chi connectivity index (χ0n) is 16.9. The topological polar surface area (TPSA) is 0 Å². The van der Waals surface area contributed by atoms with Crippen LogP contribution >= 0.6 is 0 Å². The van der Waals surface area contributed by atoms with Crippen LogP contribution in [0.3, 0.4) is 0 Å². The minimum atomic E-state index is -1.62. The van der Waals surface area contributed by atoms with E-state index < -0.39 is 16.1 Å². The molecule has 0 N–H and O–H groups in total. The molecule has 2 aliphatic heterocycles. The van der Waals surface area contributed by atoms with E-state index in [1.807, 2.05) is 0 Å². The lowest BCUT2D eigenvalue weighted by molar-refractivity contribution is 1.72. The molecule has 0 amide bonds. The lowest BCUT2D eigenvalue weighted by Gasteiger charge is -2.20. The van der Waals surface area contributed by atoms with Gasteiger partial charge in [0, 0.05) is 0 Å². The molecule has 0 bridgehead atoms. The highest BCUT2D eigenvalue weighted by atomic mass is 28.3. The Bertz CT molecular complexity index is 1310. The maximum Gasteiger partial charge on any atom is 0.113 e. The van der Waals surface area contributed by atoms with E-state index in [1.54, 1.807) is 20.7 Å². The third-order valence-electron chi connectivity index (χ3n) is 7.26. The lowest BCUT2D eigenvalue weighted by atomic mass is 9.95. The van der Waals surface area contributed by atoms with Crippen LogP contribution in [-0.4, -0.2) is 16.1 Å². The molecule has 2 aliphatic rings. The second kappa shape index (κ2) is 5.13. The van der Waals surface area contributed by atoms with Crippen molar-refractivity contribution in [2.45, 2.75) is 26.2 Å². The van der Waals surface area contributed by atoms with Gasteiger partial charge in [-0.1, -0.05) is 92.9 Å². The third-order valence-corrected chi connectivity index (χ3v) is 14.4. The fourth-order valence-electron chi connectivity index (χ4n) is 5.72. The molecular weight excluding hydrogens is 368 g/mol. The smallest absolute Gasteiger partial charge is 0.0623 e. The van der Waals surface area contributed by atoms with Crippen molar-refractivity contribution in [3.8, 4) is 22.3 Å². The monoisotopic (exact) mass is 392 g/mol. The summed E-state index contributed by atoms with van der Waals surface area (Å²) in [5, 5.41) is 9.24. The van der Waals surface area contributed by atoms with Crippen LogP contribution in [0.4, 0.5) is 0 Å². The highest BCUT2D eigenvalue weighted by molar-refractivity contribution is 7.04. The van der Waals surface area contributed by atoms with E-state index in [0.717, 1.165) is 0 Å². The Balaban J connectivity index is 1.75. The molecule has 0 fully saturated rings. The lowest BCUT2D eigenvalue weighted by Crippen LogP contribution is -2.49. The zero-order valence-corrected chi connectivity index (χ0v) is 18.9. The first-order valence-electron chi connectivity index (χ1n) is 10.2. The molecule has 0 unspecified atom stereocenters. The van der Waals surface area contributed by atoms with Crippen LogP contribution in [-0.2, 0) is 0 Å². The van der Waals surface area contributed by atoms with E-state index in [9.17, 15) is 0 Å². The van der Waals surface area contributed by atoms with Gasteiger partial charge in [-0.25, -0.2) is 0 Å². The summed E-state index contributed by atoms with van der Waals surface area (Å²) in [6.45, 7) is 10.0. The van der Waals surface area contributed by atoms with Crippen molar-refractivity contribution in [3.63, 3.8) is 0 Å². The molecule has 2 heteroatoms. The van der Waals surface area contributed by atoms with Crippen LogP contribution in [0, 0.1) is 0 Å². The second-order valence-electron chi connectivity index (χ2n) is 9.45. The number of hydrogen-bond acceptors (Lipinski definition) is 0. The summed E-state index contributed by atoms with van der Waals surface area (Å²) in [5.41, 5.74) is 5.94. The van der Waals surface area contributed by atoms with E-state index in [-0.39, 0.29) is 0 Å². The molecule has 0 aromatic heterocycles. The number of fused-ring (bicyclic) bond motifs is 8. The van der Waals surface area contributed by atoms with Gasteiger partial charge in [-0.3, -0.25) is 0 Å². The summed E-state index contributed by atoms with van der Waals surface area (Å²) in [5.74, 6) is 0. The zero-order chi connectivity index (χ0) is 19.3. The molecule has 28 heavy (non-hydrogen) atoms. The minimum absolute atomic E-state index is 1.41. The molecule has 4 aromatic rings. The largest absolute Gasteiger partial charge is 0.113 e. The highest BCUT2D eigenvalue weighted by Crippen LogP contribution is 2.37. The summed E-state index contributed by atoms with van der Waals surface area (Å²) >= 11 is 0. The molecule has 0 radical (unpaired) electrons. The standard InChI is InChI=1S/C26H24Si2/c1-27(2)23-12-8-6-10-19(23)26-20-16-21-18-9-5-7-11-22(18)28(3,4)25(21)15-17(20)13-14-24(26)27/h5-16H,1-4H3. The molecule has 0 aliphatic carbocycles. The van der Waals surface area contributed by atoms with Crippen LogP contribution in [0.2, 0.25) is 26.2 Å². The van der Waals surface area contributed by atoms with Gasteiger partial charge >= 0.3 is 0 Å². The van der Waals surface area contributed by atoms with Crippen molar-refractivity contribution in [1.82, 2.24) is 0 Å². The van der Waals surface area contributed by atoms with Crippen LogP contribution in [0.1, 0.15) is 0 Å². The predicted molar refractivity (Wildman–Crippen MR) is 128 cm³/mol. The molecule has 0 nitrogen and oxygen atoms in total. The second-order valence-corrected chi connectivity index (χ2v) is 18.1. The predicted octanol–water partition coefficient (Wildman–Crippen LogP) is 4.45. The Kier molecular flexibility index (Phi) is 3.03. The van der Waals surface area contributed by atoms with Crippen molar-refractivity contribution in [2.24, 2.45) is 0 Å². The first-order chi connectivity index (χ1) is 13.4. The van der Waals surface area contributed by atoms with Crippen LogP contribution in [0.5, 0.6) is 0 Å². The van der Waals surface area contributed by atoms with Gasteiger partial charge in [-0.15, -0.1) is 0 Å². The summed E-state index contributed by atoms with van der Waals surface area (Å²) in [4.78, 5) is 0. The highest BCUT2D eigenvalue weighted by Gasteiger charge is 2.40. The van der Waals surface area contributed by atoms with Gasteiger partial charge < -0.3 is 0 Å². The van der Waals surface area contributed by atoms with Gasteiger partial charge in [0.2, 0.25) is 0 Å². The molecule has 4 aromatic carbocycles. The summed E-state index contributed by atoms with van der Waals surface area (Å²) in [6.07, 6.45) is 0. The van der Waals surface area contributed by atoms with Crippen molar-refractivity contribution >= 4 is 47.7 Å².